The molecular weight excluding hydrogens is 488 g/mol. The Kier molecular flexibility index (Phi) is 7.17. The van der Waals surface area contributed by atoms with Crippen LogP contribution in [0.4, 0.5) is 0 Å². The van der Waals surface area contributed by atoms with E-state index in [0.717, 1.165) is 53.5 Å². The lowest BCUT2D eigenvalue weighted by Gasteiger charge is -2.29. The number of nitrogens with one attached hydrogen (secondary N) is 1. The number of imidazole rings is 1. The summed E-state index contributed by atoms with van der Waals surface area (Å²) in [5.41, 5.74) is 5.41. The number of amides is 1. The highest BCUT2D eigenvalue weighted by Gasteiger charge is 2.25. The third-order valence-corrected chi connectivity index (χ3v) is 7.72. The molecule has 0 saturated heterocycles. The van der Waals surface area contributed by atoms with Gasteiger partial charge in [0.15, 0.2) is 0 Å². The lowest BCUT2D eigenvalue weighted by atomic mass is 9.85. The average molecular weight is 519 g/mol. The van der Waals surface area contributed by atoms with Crippen molar-refractivity contribution < 1.29 is 9.90 Å². The number of hydrogen-bond acceptors (Lipinski definition) is 4. The lowest BCUT2D eigenvalue weighted by molar-refractivity contribution is 0.0919. The highest BCUT2D eigenvalue weighted by molar-refractivity contribution is 6.30. The molecule has 1 amide bonds. The quantitative estimate of drug-likeness (QED) is 0.378. The van der Waals surface area contributed by atoms with Gasteiger partial charge in [0.1, 0.15) is 0 Å². The first-order valence-electron chi connectivity index (χ1n) is 12.7. The van der Waals surface area contributed by atoms with E-state index in [1.165, 1.54) is 0 Å². The Balaban J connectivity index is 1.33. The van der Waals surface area contributed by atoms with Gasteiger partial charge in [-0.25, -0.2) is 4.79 Å². The molecule has 0 spiro atoms. The van der Waals surface area contributed by atoms with Crippen LogP contribution in [-0.4, -0.2) is 31.2 Å². The molecule has 7 nitrogen and oxygen atoms in total. The molecular formula is C29H31ClN4O3. The molecule has 0 radical (unpaired) electrons. The van der Waals surface area contributed by atoms with Gasteiger partial charge < -0.3 is 10.4 Å². The first-order valence-corrected chi connectivity index (χ1v) is 13.1. The molecule has 1 aliphatic carbocycles. The molecule has 192 valence electrons. The molecule has 1 aliphatic rings. The number of fused-ring (bicyclic) bond motifs is 1. The molecule has 0 atom stereocenters. The molecule has 4 aromatic rings. The van der Waals surface area contributed by atoms with Crippen LogP contribution in [0.3, 0.4) is 0 Å². The van der Waals surface area contributed by atoms with Crippen molar-refractivity contribution in [3.8, 4) is 5.69 Å². The zero-order valence-corrected chi connectivity index (χ0v) is 21.8. The van der Waals surface area contributed by atoms with Gasteiger partial charge in [-0.3, -0.25) is 18.9 Å². The molecule has 0 bridgehead atoms. The maximum absolute atomic E-state index is 13.7. The number of halogens is 1. The normalized spacial score (nSPS) is 17.7. The van der Waals surface area contributed by atoms with Crippen LogP contribution in [-0.2, 0) is 13.2 Å². The lowest BCUT2D eigenvalue weighted by Crippen LogP contribution is -2.39. The molecule has 2 N–H and O–H groups in total. The van der Waals surface area contributed by atoms with E-state index in [2.05, 4.69) is 10.3 Å². The molecule has 2 aromatic heterocycles. The van der Waals surface area contributed by atoms with Crippen molar-refractivity contribution in [1.82, 2.24) is 19.4 Å². The van der Waals surface area contributed by atoms with Crippen molar-refractivity contribution in [3.05, 3.63) is 92.6 Å². The zero-order valence-electron chi connectivity index (χ0n) is 21.1. The Bertz CT molecular complexity index is 1520. The van der Waals surface area contributed by atoms with Crippen LogP contribution in [0.25, 0.3) is 16.7 Å². The van der Waals surface area contributed by atoms with Gasteiger partial charge in [0.2, 0.25) is 0 Å². The fourth-order valence-corrected chi connectivity index (χ4v) is 5.51. The van der Waals surface area contributed by atoms with Gasteiger partial charge in [-0.1, -0.05) is 29.8 Å². The number of aliphatic hydroxyl groups excluding tert-OH is 1. The van der Waals surface area contributed by atoms with Crippen molar-refractivity contribution in [1.29, 1.82) is 0 Å². The number of aryl methyl sites for hydroxylation is 2. The highest BCUT2D eigenvalue weighted by atomic mass is 35.5. The molecule has 1 fully saturated rings. The van der Waals surface area contributed by atoms with Gasteiger partial charge in [0.25, 0.3) is 5.91 Å². The fourth-order valence-electron chi connectivity index (χ4n) is 5.35. The summed E-state index contributed by atoms with van der Waals surface area (Å²) in [6.45, 7) is 4.31. The number of rotatable bonds is 6. The first kappa shape index (κ1) is 25.2. The molecule has 8 heteroatoms. The number of hydrogen-bond donors (Lipinski definition) is 2. The largest absolute Gasteiger partial charge is 0.392 e. The standard InChI is InChI=1S/C29H31ClN4O3/c1-18-7-12-24(13-21(18)17-35)34-27-6-4-3-5-26(27)33(29(34)37)16-20-8-10-23(11-9-20)32-28(36)25-14-22(30)15-31-19(25)2/h3-7,12-15,20,23,35H,8-11,16-17H2,1-2H3,(H,32,36)/t20-,23-. The van der Waals surface area contributed by atoms with Gasteiger partial charge in [-0.15, -0.1) is 0 Å². The Morgan fingerprint density at radius 2 is 1.81 bits per heavy atom. The molecule has 0 unspecified atom stereocenters. The van der Waals surface area contributed by atoms with Crippen LogP contribution in [0.2, 0.25) is 5.02 Å². The summed E-state index contributed by atoms with van der Waals surface area (Å²) in [5.74, 6) is 0.196. The smallest absolute Gasteiger partial charge is 0.333 e. The van der Waals surface area contributed by atoms with E-state index in [9.17, 15) is 14.7 Å². The van der Waals surface area contributed by atoms with E-state index in [-0.39, 0.29) is 24.2 Å². The Hall–Kier alpha value is -3.42. The van der Waals surface area contributed by atoms with E-state index in [1.807, 2.05) is 54.0 Å². The number of pyridine rings is 1. The van der Waals surface area contributed by atoms with Crippen LogP contribution in [0.5, 0.6) is 0 Å². The molecule has 37 heavy (non-hydrogen) atoms. The third kappa shape index (κ3) is 5.06. The van der Waals surface area contributed by atoms with Crippen LogP contribution in [0.1, 0.15) is 52.9 Å². The molecule has 2 aromatic carbocycles. The van der Waals surface area contributed by atoms with E-state index in [4.69, 9.17) is 11.6 Å². The number of carbonyl (C=O) groups is 1. The summed E-state index contributed by atoms with van der Waals surface area (Å²) in [6.07, 6.45) is 5.09. The van der Waals surface area contributed by atoms with Gasteiger partial charge in [-0.2, -0.15) is 0 Å². The summed E-state index contributed by atoms with van der Waals surface area (Å²) in [5, 5.41) is 13.3. The third-order valence-electron chi connectivity index (χ3n) is 7.52. The van der Waals surface area contributed by atoms with Gasteiger partial charge in [-0.05, 0) is 86.9 Å². The zero-order chi connectivity index (χ0) is 26.1. The summed E-state index contributed by atoms with van der Waals surface area (Å²) in [4.78, 5) is 30.6. The highest BCUT2D eigenvalue weighted by Crippen LogP contribution is 2.28. The van der Waals surface area contributed by atoms with Crippen molar-refractivity contribution >= 4 is 28.5 Å². The minimum Gasteiger partial charge on any atom is -0.392 e. The summed E-state index contributed by atoms with van der Waals surface area (Å²) in [7, 11) is 0. The first-order chi connectivity index (χ1) is 17.9. The van der Waals surface area contributed by atoms with E-state index < -0.39 is 0 Å². The van der Waals surface area contributed by atoms with Gasteiger partial charge in [0, 0.05) is 18.8 Å². The topological polar surface area (TPSA) is 89.2 Å². The van der Waals surface area contributed by atoms with Crippen LogP contribution >= 0.6 is 11.6 Å². The molecule has 0 aliphatic heterocycles. The minimum absolute atomic E-state index is 0.0692. The summed E-state index contributed by atoms with van der Waals surface area (Å²) < 4.78 is 3.61. The number of para-hydroxylation sites is 2. The van der Waals surface area contributed by atoms with Gasteiger partial charge >= 0.3 is 5.69 Å². The van der Waals surface area contributed by atoms with Crippen LogP contribution < -0.4 is 11.0 Å². The molecule has 1 saturated carbocycles. The fraction of sp³-hybridized carbons (Fsp3) is 0.345. The monoisotopic (exact) mass is 518 g/mol. The van der Waals surface area contributed by atoms with Crippen molar-refractivity contribution in [2.45, 2.75) is 58.7 Å². The number of nitrogens with zero attached hydrogens (tertiary/aromatic N) is 3. The number of aliphatic hydroxyl groups is 1. The predicted octanol–water partition coefficient (Wildman–Crippen LogP) is 4.94. The number of aromatic nitrogens is 3. The van der Waals surface area contributed by atoms with Gasteiger partial charge in [0.05, 0.1) is 39.6 Å². The number of carbonyl (C=O) groups excluding carboxylic acids is 1. The average Bonchev–Trinajstić information content (AvgIpc) is 3.18. The number of benzene rings is 2. The van der Waals surface area contributed by atoms with Crippen molar-refractivity contribution in [2.24, 2.45) is 5.92 Å². The van der Waals surface area contributed by atoms with E-state index in [0.29, 0.717) is 28.7 Å². The Morgan fingerprint density at radius 3 is 2.54 bits per heavy atom. The second-order valence-corrected chi connectivity index (χ2v) is 10.4. The second-order valence-electron chi connectivity index (χ2n) is 9.96. The summed E-state index contributed by atoms with van der Waals surface area (Å²) in [6, 6.07) is 15.3. The minimum atomic E-state index is -0.143. The summed E-state index contributed by atoms with van der Waals surface area (Å²) >= 11 is 6.03. The predicted molar refractivity (Wildman–Crippen MR) is 145 cm³/mol. The van der Waals surface area contributed by atoms with E-state index in [1.54, 1.807) is 23.8 Å². The SMILES string of the molecule is Cc1ccc(-n2c(=O)n(C[C@H]3CC[C@H](NC(=O)c4cc(Cl)cnc4C)CC3)c3ccccc32)cc1CO. The molecule has 2 heterocycles. The van der Waals surface area contributed by atoms with Crippen LogP contribution in [0, 0.1) is 19.8 Å². The van der Waals surface area contributed by atoms with E-state index >= 15 is 0 Å². The maximum atomic E-state index is 13.7. The maximum Gasteiger partial charge on any atom is 0.333 e. The van der Waals surface area contributed by atoms with Crippen molar-refractivity contribution in [2.75, 3.05) is 0 Å². The Morgan fingerprint density at radius 1 is 1.08 bits per heavy atom. The van der Waals surface area contributed by atoms with Crippen LogP contribution in [0.15, 0.2) is 59.5 Å². The second kappa shape index (κ2) is 10.5. The van der Waals surface area contributed by atoms with Crippen molar-refractivity contribution in [3.63, 3.8) is 0 Å². The Labute approximate surface area is 220 Å². The molecule has 5 rings (SSSR count).